The number of hydrogen-bond donors (Lipinski definition) is 1. The largest absolute Gasteiger partial charge is 0.377 e. The van der Waals surface area contributed by atoms with Crippen LogP contribution in [0.3, 0.4) is 0 Å². The predicted molar refractivity (Wildman–Crippen MR) is 66.3 cm³/mol. The van der Waals surface area contributed by atoms with Gasteiger partial charge in [0.1, 0.15) is 0 Å². The van der Waals surface area contributed by atoms with Gasteiger partial charge >= 0.3 is 6.03 Å². The van der Waals surface area contributed by atoms with Crippen molar-refractivity contribution in [1.29, 1.82) is 0 Å². The van der Waals surface area contributed by atoms with E-state index in [1.807, 2.05) is 6.92 Å². The zero-order valence-electron chi connectivity index (χ0n) is 11.1. The highest BCUT2D eigenvalue weighted by molar-refractivity contribution is 6.01. The van der Waals surface area contributed by atoms with Crippen LogP contribution in [0.5, 0.6) is 0 Å². The van der Waals surface area contributed by atoms with E-state index in [1.165, 1.54) is 0 Å². The normalized spacial score (nSPS) is 23.7. The van der Waals surface area contributed by atoms with Gasteiger partial charge in [-0.1, -0.05) is 0 Å². The van der Waals surface area contributed by atoms with E-state index in [4.69, 9.17) is 4.74 Å². The molecular formula is C12H19N3O4. The number of hydrogen-bond acceptors (Lipinski definition) is 4. The number of urea groups is 1. The topological polar surface area (TPSA) is 79.0 Å². The summed E-state index contributed by atoms with van der Waals surface area (Å²) in [6.45, 7) is 4.07. The molecule has 0 saturated carbocycles. The molecule has 2 aliphatic heterocycles. The zero-order chi connectivity index (χ0) is 13.8. The molecular weight excluding hydrogens is 250 g/mol. The van der Waals surface area contributed by atoms with Crippen LogP contribution in [0.25, 0.3) is 0 Å². The first-order chi connectivity index (χ1) is 9.09. The highest BCUT2D eigenvalue weighted by Gasteiger charge is 2.28. The second kappa shape index (κ2) is 6.01. The van der Waals surface area contributed by atoms with Crippen molar-refractivity contribution in [2.75, 3.05) is 32.8 Å². The van der Waals surface area contributed by atoms with Crippen LogP contribution in [-0.4, -0.2) is 66.5 Å². The second-order valence-electron chi connectivity index (χ2n) is 4.82. The number of imide groups is 1. The van der Waals surface area contributed by atoms with Crippen LogP contribution in [0.4, 0.5) is 4.79 Å². The molecule has 19 heavy (non-hydrogen) atoms. The lowest BCUT2D eigenvalue weighted by atomic mass is 10.2. The Kier molecular flexibility index (Phi) is 4.36. The lowest BCUT2D eigenvalue weighted by Gasteiger charge is -2.33. The highest BCUT2D eigenvalue weighted by Crippen LogP contribution is 2.10. The SMILES string of the molecule is C[C@@H]1COCCN1C(=O)CCCN1C(=O)CNC1=O. The van der Waals surface area contributed by atoms with E-state index in [9.17, 15) is 14.4 Å². The van der Waals surface area contributed by atoms with Gasteiger partial charge in [0.25, 0.3) is 0 Å². The van der Waals surface area contributed by atoms with Crippen molar-refractivity contribution in [1.82, 2.24) is 15.1 Å². The molecule has 7 heteroatoms. The average Bonchev–Trinajstić information content (AvgIpc) is 2.70. The van der Waals surface area contributed by atoms with Crippen molar-refractivity contribution < 1.29 is 19.1 Å². The Labute approximate surface area is 111 Å². The number of morpholine rings is 1. The van der Waals surface area contributed by atoms with Gasteiger partial charge in [-0.25, -0.2) is 4.79 Å². The smallest absolute Gasteiger partial charge is 0.324 e. The molecule has 2 saturated heterocycles. The summed E-state index contributed by atoms with van der Waals surface area (Å²) in [4.78, 5) is 37.6. The van der Waals surface area contributed by atoms with Gasteiger partial charge in [0.05, 0.1) is 25.8 Å². The number of rotatable bonds is 4. The van der Waals surface area contributed by atoms with E-state index in [0.29, 0.717) is 39.1 Å². The molecule has 0 radical (unpaired) electrons. The third-order valence-corrected chi connectivity index (χ3v) is 3.40. The fourth-order valence-electron chi connectivity index (χ4n) is 2.31. The quantitative estimate of drug-likeness (QED) is 0.702. The van der Waals surface area contributed by atoms with Crippen molar-refractivity contribution in [3.05, 3.63) is 0 Å². The van der Waals surface area contributed by atoms with Gasteiger partial charge in [-0.2, -0.15) is 0 Å². The van der Waals surface area contributed by atoms with E-state index in [1.54, 1.807) is 4.90 Å². The Bertz CT molecular complexity index is 369. The first-order valence-corrected chi connectivity index (χ1v) is 6.55. The summed E-state index contributed by atoms with van der Waals surface area (Å²) in [6.07, 6.45) is 0.851. The molecule has 106 valence electrons. The van der Waals surface area contributed by atoms with Gasteiger partial charge < -0.3 is 15.0 Å². The Morgan fingerprint density at radius 1 is 1.47 bits per heavy atom. The molecule has 2 aliphatic rings. The van der Waals surface area contributed by atoms with Crippen LogP contribution in [0, 0.1) is 0 Å². The molecule has 0 unspecified atom stereocenters. The van der Waals surface area contributed by atoms with Crippen LogP contribution in [0.15, 0.2) is 0 Å². The van der Waals surface area contributed by atoms with Gasteiger partial charge in [-0.05, 0) is 13.3 Å². The monoisotopic (exact) mass is 269 g/mol. The summed E-state index contributed by atoms with van der Waals surface area (Å²) in [6, 6.07) is -0.268. The summed E-state index contributed by atoms with van der Waals surface area (Å²) in [5.74, 6) is -0.167. The fourth-order valence-corrected chi connectivity index (χ4v) is 2.31. The van der Waals surface area contributed by atoms with E-state index >= 15 is 0 Å². The summed E-state index contributed by atoms with van der Waals surface area (Å²) in [5, 5.41) is 2.45. The number of nitrogens with one attached hydrogen (secondary N) is 1. The van der Waals surface area contributed by atoms with Crippen molar-refractivity contribution in [2.45, 2.75) is 25.8 Å². The summed E-state index contributed by atoms with van der Waals surface area (Å²) in [5.41, 5.74) is 0. The number of carbonyl (C=O) groups excluding carboxylic acids is 3. The van der Waals surface area contributed by atoms with Crippen molar-refractivity contribution in [3.8, 4) is 0 Å². The molecule has 4 amide bonds. The molecule has 7 nitrogen and oxygen atoms in total. The van der Waals surface area contributed by atoms with Gasteiger partial charge in [0.15, 0.2) is 0 Å². The lowest BCUT2D eigenvalue weighted by Crippen LogP contribution is -2.47. The molecule has 2 rings (SSSR count). The van der Waals surface area contributed by atoms with Gasteiger partial charge in [-0.3, -0.25) is 14.5 Å². The van der Waals surface area contributed by atoms with Crippen LogP contribution in [0.1, 0.15) is 19.8 Å². The lowest BCUT2D eigenvalue weighted by molar-refractivity contribution is -0.139. The first kappa shape index (κ1) is 13.8. The summed E-state index contributed by atoms with van der Waals surface area (Å²) in [7, 11) is 0. The van der Waals surface area contributed by atoms with Gasteiger partial charge in [0.2, 0.25) is 11.8 Å². The first-order valence-electron chi connectivity index (χ1n) is 6.55. The fraction of sp³-hybridized carbons (Fsp3) is 0.750. The standard InChI is InChI=1S/C12H19N3O4/c1-9-8-19-6-5-14(9)10(16)3-2-4-15-11(17)7-13-12(15)18/h9H,2-8H2,1H3,(H,13,18)/t9-/m1/s1. The molecule has 2 fully saturated rings. The Hall–Kier alpha value is -1.63. The van der Waals surface area contributed by atoms with Crippen molar-refractivity contribution >= 4 is 17.8 Å². The van der Waals surface area contributed by atoms with Crippen LogP contribution in [0.2, 0.25) is 0 Å². The molecule has 1 atom stereocenters. The maximum absolute atomic E-state index is 12.0. The van der Waals surface area contributed by atoms with E-state index in [2.05, 4.69) is 5.32 Å². The Morgan fingerprint density at radius 2 is 2.26 bits per heavy atom. The zero-order valence-corrected chi connectivity index (χ0v) is 11.1. The number of amides is 4. The average molecular weight is 269 g/mol. The van der Waals surface area contributed by atoms with Gasteiger partial charge in [-0.15, -0.1) is 0 Å². The second-order valence-corrected chi connectivity index (χ2v) is 4.82. The molecule has 0 aromatic carbocycles. The molecule has 0 aromatic rings. The maximum atomic E-state index is 12.0. The number of ether oxygens (including phenoxy) is 1. The molecule has 0 spiro atoms. The maximum Gasteiger partial charge on any atom is 0.324 e. The van der Waals surface area contributed by atoms with Crippen LogP contribution < -0.4 is 5.32 Å². The minimum Gasteiger partial charge on any atom is -0.377 e. The minimum atomic E-state index is -0.364. The third kappa shape index (κ3) is 3.23. The summed E-state index contributed by atoms with van der Waals surface area (Å²) >= 11 is 0. The molecule has 1 N–H and O–H groups in total. The highest BCUT2D eigenvalue weighted by atomic mass is 16.5. The van der Waals surface area contributed by atoms with E-state index in [0.717, 1.165) is 4.90 Å². The molecule has 0 aliphatic carbocycles. The van der Waals surface area contributed by atoms with Gasteiger partial charge in [0, 0.05) is 19.5 Å². The predicted octanol–water partition coefficient (Wildman–Crippen LogP) is -0.434. The minimum absolute atomic E-state index is 0.0582. The summed E-state index contributed by atoms with van der Waals surface area (Å²) < 4.78 is 5.28. The number of carbonyl (C=O) groups is 3. The Balaban J connectivity index is 1.74. The molecule has 0 bridgehead atoms. The third-order valence-electron chi connectivity index (χ3n) is 3.40. The number of nitrogens with zero attached hydrogens (tertiary/aromatic N) is 2. The molecule has 0 aromatic heterocycles. The molecule has 2 heterocycles. The van der Waals surface area contributed by atoms with Crippen molar-refractivity contribution in [3.63, 3.8) is 0 Å². The van der Waals surface area contributed by atoms with E-state index < -0.39 is 0 Å². The van der Waals surface area contributed by atoms with E-state index in [-0.39, 0.29) is 30.4 Å². The van der Waals surface area contributed by atoms with Crippen LogP contribution >= 0.6 is 0 Å². The van der Waals surface area contributed by atoms with Crippen molar-refractivity contribution in [2.24, 2.45) is 0 Å². The van der Waals surface area contributed by atoms with Crippen LogP contribution in [-0.2, 0) is 14.3 Å². The Morgan fingerprint density at radius 3 is 2.89 bits per heavy atom.